The highest BCUT2D eigenvalue weighted by Crippen LogP contribution is 2.04. The van der Waals surface area contributed by atoms with Crippen molar-refractivity contribution in [2.75, 3.05) is 6.54 Å². The van der Waals surface area contributed by atoms with Gasteiger partial charge in [0.05, 0.1) is 6.07 Å². The molecule has 2 nitrogen and oxygen atoms in total. The lowest BCUT2D eigenvalue weighted by Crippen LogP contribution is -2.03. The third-order valence-electron chi connectivity index (χ3n) is 1.38. The molecule has 0 aliphatic heterocycles. The quantitative estimate of drug-likeness (QED) is 0.562. The maximum atomic E-state index is 8.44. The molecule has 0 amide bonds. The zero-order valence-corrected chi connectivity index (χ0v) is 5.94. The van der Waals surface area contributed by atoms with Gasteiger partial charge in [-0.15, -0.1) is 0 Å². The molecule has 9 heavy (non-hydrogen) atoms. The number of rotatable bonds is 2. The van der Waals surface area contributed by atoms with Crippen molar-refractivity contribution in [3.8, 4) is 6.07 Å². The van der Waals surface area contributed by atoms with E-state index in [0.717, 1.165) is 17.6 Å². The highest BCUT2D eigenvalue weighted by atomic mass is 14.5. The summed E-state index contributed by atoms with van der Waals surface area (Å²) in [6.07, 6.45) is 0.917. The fourth-order valence-corrected chi connectivity index (χ4v) is 0.529. The summed E-state index contributed by atoms with van der Waals surface area (Å²) in [7, 11) is 0. The van der Waals surface area contributed by atoms with Crippen LogP contribution in [0.2, 0.25) is 0 Å². The largest absolute Gasteiger partial charge is 0.326 e. The minimum absolute atomic E-state index is 0.371. The molecule has 0 saturated carbocycles. The van der Waals surface area contributed by atoms with E-state index in [9.17, 15) is 0 Å². The van der Waals surface area contributed by atoms with E-state index in [-0.39, 0.29) is 0 Å². The van der Waals surface area contributed by atoms with Crippen LogP contribution in [0.1, 0.15) is 20.3 Å². The minimum Gasteiger partial charge on any atom is -0.326 e. The van der Waals surface area contributed by atoms with Gasteiger partial charge in [0.1, 0.15) is 0 Å². The van der Waals surface area contributed by atoms with E-state index in [4.69, 9.17) is 11.0 Å². The van der Waals surface area contributed by atoms with E-state index in [1.54, 1.807) is 0 Å². The van der Waals surface area contributed by atoms with Gasteiger partial charge >= 0.3 is 0 Å². The van der Waals surface area contributed by atoms with Crippen LogP contribution in [0.25, 0.3) is 0 Å². The van der Waals surface area contributed by atoms with Gasteiger partial charge in [0.2, 0.25) is 0 Å². The summed E-state index contributed by atoms with van der Waals surface area (Å²) >= 11 is 0. The number of hydrogen-bond acceptors (Lipinski definition) is 2. The van der Waals surface area contributed by atoms with E-state index in [2.05, 4.69) is 6.07 Å². The number of nitrogens with zero attached hydrogens (tertiary/aromatic N) is 1. The minimum atomic E-state index is 0.371. The average Bonchev–Trinajstić information content (AvgIpc) is 1.90. The van der Waals surface area contributed by atoms with Crippen molar-refractivity contribution in [1.29, 1.82) is 5.26 Å². The Balaban J connectivity index is 4.24. The van der Waals surface area contributed by atoms with Crippen LogP contribution < -0.4 is 5.73 Å². The Hall–Kier alpha value is -0.810. The second kappa shape index (κ2) is 4.11. The van der Waals surface area contributed by atoms with Crippen LogP contribution in [0.15, 0.2) is 11.1 Å². The smallest absolute Gasteiger partial charge is 0.0960 e. The molecule has 2 heteroatoms. The fraction of sp³-hybridized carbons (Fsp3) is 0.571. The molecular weight excluding hydrogens is 112 g/mol. The van der Waals surface area contributed by atoms with Crippen molar-refractivity contribution in [3.05, 3.63) is 11.1 Å². The molecule has 0 spiro atoms. The Bertz CT molecular complexity index is 151. The molecule has 0 heterocycles. The van der Waals surface area contributed by atoms with Crippen LogP contribution in [-0.2, 0) is 0 Å². The lowest BCUT2D eigenvalue weighted by atomic mass is 10.1. The van der Waals surface area contributed by atoms with E-state index >= 15 is 0 Å². The average molecular weight is 124 g/mol. The predicted molar refractivity (Wildman–Crippen MR) is 37.7 cm³/mol. The summed E-state index contributed by atoms with van der Waals surface area (Å²) in [5.41, 5.74) is 7.10. The van der Waals surface area contributed by atoms with E-state index in [1.165, 1.54) is 0 Å². The zero-order valence-electron chi connectivity index (χ0n) is 5.94. The molecule has 0 aliphatic rings. The number of hydrogen-bond donors (Lipinski definition) is 1. The highest BCUT2D eigenvalue weighted by Gasteiger charge is 1.94. The van der Waals surface area contributed by atoms with Crippen LogP contribution in [0.3, 0.4) is 0 Å². The van der Waals surface area contributed by atoms with Crippen LogP contribution in [0, 0.1) is 11.3 Å². The van der Waals surface area contributed by atoms with Crippen LogP contribution in [-0.4, -0.2) is 6.54 Å². The number of nitriles is 1. The van der Waals surface area contributed by atoms with Gasteiger partial charge in [-0.2, -0.15) is 5.26 Å². The van der Waals surface area contributed by atoms with Crippen molar-refractivity contribution in [2.45, 2.75) is 20.3 Å². The maximum Gasteiger partial charge on any atom is 0.0960 e. The topological polar surface area (TPSA) is 49.8 Å². The second-order valence-electron chi connectivity index (χ2n) is 1.93. The van der Waals surface area contributed by atoms with Gasteiger partial charge in [0, 0.05) is 12.1 Å². The monoisotopic (exact) mass is 124 g/mol. The molecule has 50 valence electrons. The van der Waals surface area contributed by atoms with Gasteiger partial charge in [-0.05, 0) is 13.3 Å². The van der Waals surface area contributed by atoms with Crippen molar-refractivity contribution >= 4 is 0 Å². The third kappa shape index (κ3) is 2.29. The van der Waals surface area contributed by atoms with Gasteiger partial charge in [0.15, 0.2) is 0 Å². The SMILES string of the molecule is CC/C(C)=C(\C#N)CN. The molecule has 0 aromatic carbocycles. The Morgan fingerprint density at radius 1 is 1.67 bits per heavy atom. The van der Waals surface area contributed by atoms with E-state index in [1.807, 2.05) is 13.8 Å². The first-order valence-electron chi connectivity index (χ1n) is 3.05. The standard InChI is InChI=1S/C7H12N2/c1-3-6(2)7(4-8)5-9/h3-4,8H2,1-2H3/b7-6-. The van der Waals surface area contributed by atoms with Gasteiger partial charge < -0.3 is 5.73 Å². The molecule has 0 bridgehead atoms. The Morgan fingerprint density at radius 2 is 2.22 bits per heavy atom. The van der Waals surface area contributed by atoms with Gasteiger partial charge in [-0.3, -0.25) is 0 Å². The molecule has 0 fully saturated rings. The summed E-state index contributed by atoms with van der Waals surface area (Å²) in [6, 6.07) is 2.06. The van der Waals surface area contributed by atoms with Crippen LogP contribution in [0.5, 0.6) is 0 Å². The predicted octanol–water partition coefficient (Wildman–Crippen LogP) is 1.20. The number of nitrogens with two attached hydrogens (primary N) is 1. The Morgan fingerprint density at radius 3 is 2.33 bits per heavy atom. The molecule has 0 unspecified atom stereocenters. The fourth-order valence-electron chi connectivity index (χ4n) is 0.529. The molecule has 0 rings (SSSR count). The van der Waals surface area contributed by atoms with Crippen molar-refractivity contribution in [3.63, 3.8) is 0 Å². The van der Waals surface area contributed by atoms with Gasteiger partial charge in [0.25, 0.3) is 0 Å². The molecule has 0 saturated heterocycles. The zero-order chi connectivity index (χ0) is 7.28. The van der Waals surface area contributed by atoms with Crippen LogP contribution in [0.4, 0.5) is 0 Å². The van der Waals surface area contributed by atoms with Crippen LogP contribution >= 0.6 is 0 Å². The van der Waals surface area contributed by atoms with Gasteiger partial charge in [-0.1, -0.05) is 12.5 Å². The summed E-state index contributed by atoms with van der Waals surface area (Å²) in [5.74, 6) is 0. The van der Waals surface area contributed by atoms with Crippen molar-refractivity contribution < 1.29 is 0 Å². The van der Waals surface area contributed by atoms with Crippen molar-refractivity contribution in [2.24, 2.45) is 5.73 Å². The lowest BCUT2D eigenvalue weighted by molar-refractivity contribution is 1.04. The number of allylic oxidation sites excluding steroid dienone is 1. The van der Waals surface area contributed by atoms with Gasteiger partial charge in [-0.25, -0.2) is 0 Å². The maximum absolute atomic E-state index is 8.44. The van der Waals surface area contributed by atoms with E-state index in [0.29, 0.717) is 6.54 Å². The molecule has 0 atom stereocenters. The lowest BCUT2D eigenvalue weighted by Gasteiger charge is -1.96. The molecule has 0 aromatic heterocycles. The summed E-state index contributed by atoms with van der Waals surface area (Å²) in [5, 5.41) is 8.44. The molecule has 0 radical (unpaired) electrons. The Kier molecular flexibility index (Phi) is 3.74. The molecule has 2 N–H and O–H groups in total. The second-order valence-corrected chi connectivity index (χ2v) is 1.93. The normalized spacial score (nSPS) is 12.2. The van der Waals surface area contributed by atoms with E-state index < -0.39 is 0 Å². The third-order valence-corrected chi connectivity index (χ3v) is 1.38. The summed E-state index contributed by atoms with van der Waals surface area (Å²) in [4.78, 5) is 0. The first-order valence-corrected chi connectivity index (χ1v) is 3.05. The molecular formula is C7H12N2. The first kappa shape index (κ1) is 8.19. The van der Waals surface area contributed by atoms with Crippen molar-refractivity contribution in [1.82, 2.24) is 0 Å². The molecule has 0 aliphatic carbocycles. The summed E-state index contributed by atoms with van der Waals surface area (Å²) in [6.45, 7) is 4.32. The summed E-state index contributed by atoms with van der Waals surface area (Å²) < 4.78 is 0. The first-order chi connectivity index (χ1) is 4.26. The Labute approximate surface area is 56.0 Å². The molecule has 0 aromatic rings. The highest BCUT2D eigenvalue weighted by molar-refractivity contribution is 5.27.